The molecule has 0 aromatic carbocycles. The van der Waals surface area contributed by atoms with Crippen molar-refractivity contribution >= 4 is 16.8 Å². The molecule has 150 valence electrons. The Morgan fingerprint density at radius 1 is 1.21 bits per heavy atom. The number of pyridine rings is 2. The molecule has 0 saturated heterocycles. The highest BCUT2D eigenvalue weighted by atomic mass is 16.5. The van der Waals surface area contributed by atoms with E-state index in [0.717, 1.165) is 40.8 Å². The minimum atomic E-state index is 0.0446. The van der Waals surface area contributed by atoms with Crippen LogP contribution in [0.25, 0.3) is 11.0 Å². The molecule has 1 atom stereocenters. The summed E-state index contributed by atoms with van der Waals surface area (Å²) in [6, 6.07) is 4.12. The number of aryl methyl sites for hydroxylation is 4. The molecular formula is C23H26N4O2. The number of ether oxygens (including phenoxy) is 1. The first kappa shape index (κ1) is 18.3. The Labute approximate surface area is 170 Å². The first-order valence-electron chi connectivity index (χ1n) is 10.4. The van der Waals surface area contributed by atoms with Gasteiger partial charge in [-0.1, -0.05) is 6.07 Å². The molecule has 0 unspecified atom stereocenters. The zero-order valence-corrected chi connectivity index (χ0v) is 17.2. The highest BCUT2D eigenvalue weighted by Crippen LogP contribution is 2.43. The summed E-state index contributed by atoms with van der Waals surface area (Å²) in [4.78, 5) is 21.8. The second kappa shape index (κ2) is 6.94. The Morgan fingerprint density at radius 3 is 2.83 bits per heavy atom. The van der Waals surface area contributed by atoms with Crippen molar-refractivity contribution in [1.82, 2.24) is 19.7 Å². The van der Waals surface area contributed by atoms with Crippen molar-refractivity contribution in [1.29, 1.82) is 0 Å². The molecule has 29 heavy (non-hydrogen) atoms. The predicted octanol–water partition coefficient (Wildman–Crippen LogP) is 3.93. The number of aromatic nitrogens is 4. The molecule has 0 N–H and O–H groups in total. The van der Waals surface area contributed by atoms with Gasteiger partial charge in [0, 0.05) is 48.6 Å². The molecule has 0 amide bonds. The van der Waals surface area contributed by atoms with Crippen molar-refractivity contribution in [2.75, 3.05) is 6.61 Å². The van der Waals surface area contributed by atoms with Crippen molar-refractivity contribution in [3.05, 3.63) is 46.4 Å². The number of nitrogens with zero attached hydrogens (tertiary/aromatic N) is 4. The summed E-state index contributed by atoms with van der Waals surface area (Å²) in [5.74, 6) is 1.36. The van der Waals surface area contributed by atoms with E-state index >= 15 is 0 Å². The fourth-order valence-electron chi connectivity index (χ4n) is 4.51. The van der Waals surface area contributed by atoms with Gasteiger partial charge in [0.15, 0.2) is 11.4 Å². The number of hydrogen-bond donors (Lipinski definition) is 0. The molecule has 0 aliphatic heterocycles. The number of ketones is 1. The minimum Gasteiger partial charge on any atom is -0.470 e. The second-order valence-corrected chi connectivity index (χ2v) is 8.58. The highest BCUT2D eigenvalue weighted by molar-refractivity contribution is 5.84. The fraction of sp³-hybridized carbons (Fsp3) is 0.478. The lowest BCUT2D eigenvalue weighted by molar-refractivity contribution is -0.121. The van der Waals surface area contributed by atoms with Gasteiger partial charge in [-0.05, 0) is 56.2 Å². The molecule has 1 fully saturated rings. The maximum atomic E-state index is 12.6. The van der Waals surface area contributed by atoms with E-state index in [2.05, 4.69) is 35.0 Å². The third-order valence-electron chi connectivity index (χ3n) is 6.10. The van der Waals surface area contributed by atoms with Crippen LogP contribution < -0.4 is 4.74 Å². The van der Waals surface area contributed by atoms with E-state index in [-0.39, 0.29) is 18.3 Å². The Kier molecular flexibility index (Phi) is 4.37. The summed E-state index contributed by atoms with van der Waals surface area (Å²) in [6.07, 6.45) is 6.77. The standard InChI is InChI=1S/C23H26N4O2/c1-13-8-16-6-7-17(21(16)24-11-13)10-18(28)12-29-19-9-14(2)20-22(15-4-5-15)26-27(3)23(20)25-19/h8-9,11,15,17H,4-7,10,12H2,1-3H3/t17-/m1/s1. The molecule has 0 spiro atoms. The lowest BCUT2D eigenvalue weighted by atomic mass is 10.00. The van der Waals surface area contributed by atoms with Gasteiger partial charge < -0.3 is 4.74 Å². The van der Waals surface area contributed by atoms with E-state index < -0.39 is 0 Å². The van der Waals surface area contributed by atoms with Crippen LogP contribution >= 0.6 is 0 Å². The summed E-state index contributed by atoms with van der Waals surface area (Å²) in [6.45, 7) is 4.17. The third kappa shape index (κ3) is 3.41. The van der Waals surface area contributed by atoms with Crippen LogP contribution in [-0.4, -0.2) is 32.1 Å². The van der Waals surface area contributed by atoms with E-state index in [1.54, 1.807) is 0 Å². The molecule has 3 heterocycles. The first-order chi connectivity index (χ1) is 14.0. The number of carbonyl (C=O) groups is 1. The van der Waals surface area contributed by atoms with Crippen LogP contribution in [0.2, 0.25) is 0 Å². The highest BCUT2D eigenvalue weighted by Gasteiger charge is 2.30. The number of carbonyl (C=O) groups excluding carboxylic acids is 1. The molecule has 1 saturated carbocycles. The van der Waals surface area contributed by atoms with Crippen LogP contribution in [0.15, 0.2) is 18.3 Å². The SMILES string of the molecule is Cc1cnc2c(c1)CC[C@@H]2CC(=O)COc1cc(C)c2c(C3CC3)nn(C)c2n1. The van der Waals surface area contributed by atoms with Gasteiger partial charge in [0.05, 0.1) is 5.69 Å². The maximum absolute atomic E-state index is 12.6. The van der Waals surface area contributed by atoms with Crippen LogP contribution in [0, 0.1) is 13.8 Å². The van der Waals surface area contributed by atoms with Gasteiger partial charge in [0.2, 0.25) is 5.88 Å². The summed E-state index contributed by atoms with van der Waals surface area (Å²) in [5.41, 5.74) is 6.64. The molecule has 2 aliphatic rings. The van der Waals surface area contributed by atoms with Crippen LogP contribution in [0.5, 0.6) is 5.88 Å². The molecule has 3 aromatic rings. The zero-order chi connectivity index (χ0) is 20.1. The van der Waals surface area contributed by atoms with E-state index in [1.165, 1.54) is 24.0 Å². The van der Waals surface area contributed by atoms with Gasteiger partial charge in [-0.25, -0.2) is 0 Å². The quantitative estimate of drug-likeness (QED) is 0.638. The Morgan fingerprint density at radius 2 is 2.03 bits per heavy atom. The van der Waals surface area contributed by atoms with Crippen molar-refractivity contribution < 1.29 is 9.53 Å². The minimum absolute atomic E-state index is 0.0446. The molecule has 0 radical (unpaired) electrons. The van der Waals surface area contributed by atoms with E-state index in [1.807, 2.05) is 24.0 Å². The predicted molar refractivity (Wildman–Crippen MR) is 110 cm³/mol. The molecule has 6 nitrogen and oxygen atoms in total. The summed E-state index contributed by atoms with van der Waals surface area (Å²) >= 11 is 0. The Bertz CT molecular complexity index is 1110. The van der Waals surface area contributed by atoms with Crippen LogP contribution in [-0.2, 0) is 18.3 Å². The first-order valence-corrected chi connectivity index (χ1v) is 10.4. The zero-order valence-electron chi connectivity index (χ0n) is 17.2. The lowest BCUT2D eigenvalue weighted by Crippen LogP contribution is -2.15. The summed E-state index contributed by atoms with van der Waals surface area (Å²) in [7, 11) is 1.92. The fourth-order valence-corrected chi connectivity index (χ4v) is 4.51. The topological polar surface area (TPSA) is 69.9 Å². The average molecular weight is 390 g/mol. The van der Waals surface area contributed by atoms with Crippen LogP contribution in [0.1, 0.15) is 65.6 Å². The average Bonchev–Trinajstić information content (AvgIpc) is 3.39. The van der Waals surface area contributed by atoms with Gasteiger partial charge >= 0.3 is 0 Å². The number of rotatable bonds is 6. The Balaban J connectivity index is 1.28. The van der Waals surface area contributed by atoms with Crippen molar-refractivity contribution in [2.45, 2.75) is 57.8 Å². The number of Topliss-reactive ketones (excluding diaryl/α,β-unsaturated/α-hetero) is 1. The van der Waals surface area contributed by atoms with Crippen LogP contribution in [0.4, 0.5) is 0 Å². The molecule has 3 aromatic heterocycles. The van der Waals surface area contributed by atoms with Crippen LogP contribution in [0.3, 0.4) is 0 Å². The number of fused-ring (bicyclic) bond motifs is 2. The molecular weight excluding hydrogens is 364 g/mol. The van der Waals surface area contributed by atoms with E-state index in [4.69, 9.17) is 4.74 Å². The van der Waals surface area contributed by atoms with Gasteiger partial charge in [-0.3, -0.25) is 14.5 Å². The van der Waals surface area contributed by atoms with Crippen molar-refractivity contribution in [3.63, 3.8) is 0 Å². The van der Waals surface area contributed by atoms with E-state index in [9.17, 15) is 4.79 Å². The molecule has 6 heteroatoms. The molecule has 5 rings (SSSR count). The smallest absolute Gasteiger partial charge is 0.215 e. The summed E-state index contributed by atoms with van der Waals surface area (Å²) in [5, 5.41) is 5.81. The molecule has 0 bridgehead atoms. The lowest BCUT2D eigenvalue weighted by Gasteiger charge is -2.11. The second-order valence-electron chi connectivity index (χ2n) is 8.58. The number of hydrogen-bond acceptors (Lipinski definition) is 5. The van der Waals surface area contributed by atoms with Gasteiger partial charge in [0.1, 0.15) is 6.61 Å². The monoisotopic (exact) mass is 390 g/mol. The van der Waals surface area contributed by atoms with Crippen molar-refractivity contribution in [3.8, 4) is 5.88 Å². The van der Waals surface area contributed by atoms with Gasteiger partial charge in [-0.15, -0.1) is 0 Å². The third-order valence-corrected chi connectivity index (χ3v) is 6.10. The van der Waals surface area contributed by atoms with Crippen molar-refractivity contribution in [2.24, 2.45) is 7.05 Å². The molecule has 2 aliphatic carbocycles. The maximum Gasteiger partial charge on any atom is 0.215 e. The van der Waals surface area contributed by atoms with Gasteiger partial charge in [-0.2, -0.15) is 10.1 Å². The largest absolute Gasteiger partial charge is 0.470 e. The van der Waals surface area contributed by atoms with E-state index in [0.29, 0.717) is 18.2 Å². The van der Waals surface area contributed by atoms with Gasteiger partial charge in [0.25, 0.3) is 0 Å². The summed E-state index contributed by atoms with van der Waals surface area (Å²) < 4.78 is 7.62. The normalized spacial score (nSPS) is 18.2. The Hall–Kier alpha value is -2.76.